The van der Waals surface area contributed by atoms with Crippen molar-refractivity contribution in [2.24, 2.45) is 4.99 Å². The second-order valence-electron chi connectivity index (χ2n) is 5.42. The molecule has 0 radical (unpaired) electrons. The Morgan fingerprint density at radius 3 is 2.62 bits per heavy atom. The largest absolute Gasteiger partial charge is 0.383 e. The van der Waals surface area contributed by atoms with E-state index in [2.05, 4.69) is 32.8 Å². The van der Waals surface area contributed by atoms with Gasteiger partial charge in [-0.15, -0.1) is 24.0 Å². The minimum absolute atomic E-state index is 0. The highest BCUT2D eigenvalue weighted by Gasteiger charge is 2.17. The lowest BCUT2D eigenvalue weighted by molar-refractivity contribution is -0.119. The summed E-state index contributed by atoms with van der Waals surface area (Å²) in [4.78, 5) is 18.4. The molecule has 0 aromatic heterocycles. The molecule has 1 rings (SSSR count). The molecule has 1 aliphatic rings. The molecule has 142 valence electrons. The summed E-state index contributed by atoms with van der Waals surface area (Å²) in [6.45, 7) is 10.3. The van der Waals surface area contributed by atoms with Crippen LogP contribution < -0.4 is 16.0 Å². The fourth-order valence-corrected chi connectivity index (χ4v) is 2.23. The van der Waals surface area contributed by atoms with Crippen molar-refractivity contribution in [2.45, 2.75) is 19.9 Å². The van der Waals surface area contributed by atoms with Crippen molar-refractivity contribution in [3.8, 4) is 0 Å². The van der Waals surface area contributed by atoms with E-state index in [0.29, 0.717) is 25.2 Å². The summed E-state index contributed by atoms with van der Waals surface area (Å²) < 4.78 is 10.3. The Kier molecular flexibility index (Phi) is 14.3. The van der Waals surface area contributed by atoms with Crippen LogP contribution in [0.4, 0.5) is 0 Å². The molecule has 0 aliphatic carbocycles. The number of amides is 1. The summed E-state index contributed by atoms with van der Waals surface area (Å²) in [5.74, 6) is 0.551. The molecule has 1 fully saturated rings. The van der Waals surface area contributed by atoms with Gasteiger partial charge >= 0.3 is 0 Å². The number of carbonyl (C=O) groups excluding carboxylic acids is 1. The lowest BCUT2D eigenvalue weighted by Crippen LogP contribution is -2.49. The third-order valence-electron chi connectivity index (χ3n) is 3.59. The Labute approximate surface area is 162 Å². The van der Waals surface area contributed by atoms with E-state index in [4.69, 9.17) is 9.47 Å². The van der Waals surface area contributed by atoms with E-state index in [0.717, 1.165) is 39.4 Å². The summed E-state index contributed by atoms with van der Waals surface area (Å²) in [7, 11) is 1.60. The van der Waals surface area contributed by atoms with Crippen LogP contribution >= 0.6 is 24.0 Å². The smallest absolute Gasteiger partial charge is 0.241 e. The normalized spacial score (nSPS) is 16.9. The Bertz CT molecular complexity index is 365. The van der Waals surface area contributed by atoms with E-state index in [1.54, 1.807) is 7.11 Å². The maximum atomic E-state index is 11.7. The van der Waals surface area contributed by atoms with Crippen LogP contribution in [0.2, 0.25) is 0 Å². The van der Waals surface area contributed by atoms with Crippen LogP contribution in [0.5, 0.6) is 0 Å². The summed E-state index contributed by atoms with van der Waals surface area (Å²) in [6, 6.07) is 0.387. The van der Waals surface area contributed by atoms with E-state index < -0.39 is 0 Å². The zero-order chi connectivity index (χ0) is 16.9. The van der Waals surface area contributed by atoms with E-state index in [-0.39, 0.29) is 36.4 Å². The standard InChI is InChI=1S/C15H31N5O3.HI/c1-4-16-15(19-12-14(21)17-5-8-22-3)18-11-13(2)20-6-9-23-10-7-20;/h13H,4-12H2,1-3H3,(H,17,21)(H2,16,18,19);1H. The molecule has 1 unspecified atom stereocenters. The number of nitrogens with one attached hydrogen (secondary N) is 3. The fraction of sp³-hybridized carbons (Fsp3) is 0.867. The van der Waals surface area contributed by atoms with Gasteiger partial charge in [0.15, 0.2) is 5.96 Å². The monoisotopic (exact) mass is 457 g/mol. The molecule has 1 saturated heterocycles. The van der Waals surface area contributed by atoms with Crippen molar-refractivity contribution in [1.82, 2.24) is 20.9 Å². The van der Waals surface area contributed by atoms with Crippen LogP contribution in [-0.4, -0.2) is 89.0 Å². The second kappa shape index (κ2) is 14.7. The summed E-state index contributed by atoms with van der Waals surface area (Å²) in [5.41, 5.74) is 0. The zero-order valence-corrected chi connectivity index (χ0v) is 17.3. The average Bonchev–Trinajstić information content (AvgIpc) is 2.58. The van der Waals surface area contributed by atoms with Gasteiger partial charge < -0.3 is 25.4 Å². The minimum Gasteiger partial charge on any atom is -0.383 e. The van der Waals surface area contributed by atoms with Gasteiger partial charge in [0.2, 0.25) is 5.91 Å². The molecule has 0 spiro atoms. The fourth-order valence-electron chi connectivity index (χ4n) is 2.23. The van der Waals surface area contributed by atoms with Crippen molar-refractivity contribution in [3.05, 3.63) is 0 Å². The quantitative estimate of drug-likeness (QED) is 0.190. The van der Waals surface area contributed by atoms with E-state index in [1.807, 2.05) is 6.92 Å². The number of aliphatic imine (C=N–C) groups is 1. The van der Waals surface area contributed by atoms with Crippen molar-refractivity contribution >= 4 is 35.8 Å². The third-order valence-corrected chi connectivity index (χ3v) is 3.59. The highest BCUT2D eigenvalue weighted by atomic mass is 127. The summed E-state index contributed by atoms with van der Waals surface area (Å²) in [5, 5.41) is 9.20. The van der Waals surface area contributed by atoms with Gasteiger partial charge in [0.1, 0.15) is 6.54 Å². The van der Waals surface area contributed by atoms with Crippen molar-refractivity contribution in [2.75, 3.05) is 66.2 Å². The molecule has 3 N–H and O–H groups in total. The van der Waals surface area contributed by atoms with Crippen LogP contribution in [0.3, 0.4) is 0 Å². The number of rotatable bonds is 9. The van der Waals surface area contributed by atoms with Crippen LogP contribution in [0.1, 0.15) is 13.8 Å². The molecule has 0 aromatic rings. The molecular formula is C15H32IN5O3. The van der Waals surface area contributed by atoms with Crippen LogP contribution in [0, 0.1) is 0 Å². The van der Waals surface area contributed by atoms with Crippen molar-refractivity contribution in [1.29, 1.82) is 0 Å². The Morgan fingerprint density at radius 1 is 1.29 bits per heavy atom. The highest BCUT2D eigenvalue weighted by molar-refractivity contribution is 14.0. The molecule has 1 aliphatic heterocycles. The molecule has 9 heteroatoms. The Hall–Kier alpha value is -0.650. The maximum absolute atomic E-state index is 11.7. The first-order valence-corrected chi connectivity index (χ1v) is 8.27. The minimum atomic E-state index is -0.111. The maximum Gasteiger partial charge on any atom is 0.241 e. The molecule has 0 saturated carbocycles. The molecule has 0 bridgehead atoms. The highest BCUT2D eigenvalue weighted by Crippen LogP contribution is 2.02. The first-order chi connectivity index (χ1) is 11.2. The van der Waals surface area contributed by atoms with Crippen molar-refractivity contribution < 1.29 is 14.3 Å². The second-order valence-corrected chi connectivity index (χ2v) is 5.42. The lowest BCUT2D eigenvalue weighted by atomic mass is 10.2. The van der Waals surface area contributed by atoms with Crippen LogP contribution in [0.25, 0.3) is 0 Å². The molecule has 1 atom stereocenters. The predicted octanol–water partition coefficient (Wildman–Crippen LogP) is -0.357. The van der Waals surface area contributed by atoms with E-state index in [9.17, 15) is 4.79 Å². The van der Waals surface area contributed by atoms with Gasteiger partial charge in [-0.05, 0) is 13.8 Å². The van der Waals surface area contributed by atoms with Crippen molar-refractivity contribution in [3.63, 3.8) is 0 Å². The lowest BCUT2D eigenvalue weighted by Gasteiger charge is -2.32. The number of morpholine rings is 1. The molecule has 8 nitrogen and oxygen atoms in total. The van der Waals surface area contributed by atoms with Gasteiger partial charge in [0, 0.05) is 45.9 Å². The van der Waals surface area contributed by atoms with Crippen LogP contribution in [-0.2, 0) is 14.3 Å². The molecule has 24 heavy (non-hydrogen) atoms. The number of carbonyl (C=O) groups is 1. The summed E-state index contributed by atoms with van der Waals surface area (Å²) in [6.07, 6.45) is 0. The number of nitrogens with zero attached hydrogens (tertiary/aromatic N) is 2. The zero-order valence-electron chi connectivity index (χ0n) is 15.0. The van der Waals surface area contributed by atoms with Gasteiger partial charge in [0.25, 0.3) is 0 Å². The number of methoxy groups -OCH3 is 1. The van der Waals surface area contributed by atoms with E-state index >= 15 is 0 Å². The number of ether oxygens (including phenoxy) is 2. The van der Waals surface area contributed by atoms with Gasteiger partial charge in [-0.3, -0.25) is 9.69 Å². The number of hydrogen-bond acceptors (Lipinski definition) is 5. The number of guanidine groups is 1. The average molecular weight is 457 g/mol. The summed E-state index contributed by atoms with van der Waals surface area (Å²) >= 11 is 0. The van der Waals surface area contributed by atoms with Gasteiger partial charge in [-0.1, -0.05) is 0 Å². The molecule has 1 heterocycles. The first-order valence-electron chi connectivity index (χ1n) is 8.27. The third kappa shape index (κ3) is 10.3. The predicted molar refractivity (Wildman–Crippen MR) is 106 cm³/mol. The van der Waals surface area contributed by atoms with Gasteiger partial charge in [-0.2, -0.15) is 0 Å². The SMILES string of the molecule is CCNC(=NCC(=O)NCCOC)NCC(C)N1CCOCC1.I. The van der Waals surface area contributed by atoms with Gasteiger partial charge in [-0.25, -0.2) is 4.99 Å². The van der Waals surface area contributed by atoms with E-state index in [1.165, 1.54) is 0 Å². The Balaban J connectivity index is 0.00000529. The van der Waals surface area contributed by atoms with Crippen LogP contribution in [0.15, 0.2) is 4.99 Å². The topological polar surface area (TPSA) is 87.2 Å². The number of halogens is 1. The first kappa shape index (κ1) is 23.4. The molecular weight excluding hydrogens is 425 g/mol. The molecule has 0 aromatic carbocycles. The Morgan fingerprint density at radius 2 is 2.00 bits per heavy atom. The number of hydrogen-bond donors (Lipinski definition) is 3. The van der Waals surface area contributed by atoms with Gasteiger partial charge in [0.05, 0.1) is 19.8 Å². The molecule has 1 amide bonds.